The Kier molecular flexibility index (Phi) is 5.03. The zero-order valence-corrected chi connectivity index (χ0v) is 12.9. The van der Waals surface area contributed by atoms with Gasteiger partial charge in [0.2, 0.25) is 0 Å². The summed E-state index contributed by atoms with van der Waals surface area (Å²) in [5.41, 5.74) is -3.17. The van der Waals surface area contributed by atoms with Crippen molar-refractivity contribution in [3.8, 4) is 0 Å². The SMILES string of the molecule is CCCOC(=O)[C@]1(n2cc(C)c(=O)[nH]c2=O)C[C@H](O)[C@@H](CO)O1. The van der Waals surface area contributed by atoms with Crippen LogP contribution in [0.5, 0.6) is 0 Å². The fourth-order valence-electron chi connectivity index (χ4n) is 2.48. The number of aliphatic hydroxyl groups excluding tert-OH is 2. The van der Waals surface area contributed by atoms with Crippen LogP contribution in [0.2, 0.25) is 0 Å². The summed E-state index contributed by atoms with van der Waals surface area (Å²) in [5.74, 6) is -0.858. The van der Waals surface area contributed by atoms with E-state index in [1.807, 2.05) is 0 Å². The number of carbonyl (C=O) groups is 1. The Labute approximate surface area is 131 Å². The number of aliphatic hydroxyl groups is 2. The first-order valence-electron chi connectivity index (χ1n) is 7.32. The number of hydrogen-bond acceptors (Lipinski definition) is 7. The molecule has 9 nitrogen and oxygen atoms in total. The molecule has 1 aliphatic heterocycles. The number of nitrogens with zero attached hydrogens (tertiary/aromatic N) is 1. The van der Waals surface area contributed by atoms with Gasteiger partial charge in [-0.2, -0.15) is 0 Å². The Morgan fingerprint density at radius 1 is 1.57 bits per heavy atom. The van der Waals surface area contributed by atoms with Crippen molar-refractivity contribution in [2.75, 3.05) is 13.2 Å². The number of esters is 1. The van der Waals surface area contributed by atoms with E-state index in [1.54, 1.807) is 6.92 Å². The molecule has 2 rings (SSSR count). The first-order valence-corrected chi connectivity index (χ1v) is 7.32. The summed E-state index contributed by atoms with van der Waals surface area (Å²) in [6.07, 6.45) is -0.725. The summed E-state index contributed by atoms with van der Waals surface area (Å²) in [5, 5.41) is 19.3. The standard InChI is InChI=1S/C14H20N2O7/c1-3-4-22-12(20)14(5-9(18)10(7-17)23-14)16-6-8(2)11(19)15-13(16)21/h6,9-10,17-18H,3-5,7H2,1-2H3,(H,15,19,21)/t9-,10+,14-/m0/s1. The molecule has 1 fully saturated rings. The van der Waals surface area contributed by atoms with Crippen LogP contribution in [0.3, 0.4) is 0 Å². The lowest BCUT2D eigenvalue weighted by molar-refractivity contribution is -0.189. The third-order valence-electron chi connectivity index (χ3n) is 3.71. The highest BCUT2D eigenvalue weighted by atomic mass is 16.6. The van der Waals surface area contributed by atoms with Crippen LogP contribution >= 0.6 is 0 Å². The van der Waals surface area contributed by atoms with Crippen molar-refractivity contribution < 1.29 is 24.5 Å². The Hall–Kier alpha value is -1.97. The van der Waals surface area contributed by atoms with Gasteiger partial charge in [0.05, 0.1) is 19.3 Å². The number of aromatic nitrogens is 2. The highest BCUT2D eigenvalue weighted by Crippen LogP contribution is 2.35. The second-order valence-corrected chi connectivity index (χ2v) is 5.47. The topological polar surface area (TPSA) is 131 Å². The normalized spacial score (nSPS) is 27.1. The summed E-state index contributed by atoms with van der Waals surface area (Å²) in [6.45, 7) is 2.86. The maximum atomic E-state index is 12.5. The number of H-pyrrole nitrogens is 1. The molecule has 3 N–H and O–H groups in total. The van der Waals surface area contributed by atoms with E-state index in [-0.39, 0.29) is 18.6 Å². The van der Waals surface area contributed by atoms with E-state index >= 15 is 0 Å². The van der Waals surface area contributed by atoms with Crippen molar-refractivity contribution in [1.82, 2.24) is 9.55 Å². The maximum Gasteiger partial charge on any atom is 0.360 e. The van der Waals surface area contributed by atoms with Crippen LogP contribution in [-0.4, -0.2) is 51.2 Å². The van der Waals surface area contributed by atoms with Gasteiger partial charge in [0.15, 0.2) is 0 Å². The summed E-state index contributed by atoms with van der Waals surface area (Å²) in [4.78, 5) is 38.2. The van der Waals surface area contributed by atoms with E-state index in [0.717, 1.165) is 4.57 Å². The summed E-state index contributed by atoms with van der Waals surface area (Å²) < 4.78 is 11.5. The molecule has 9 heteroatoms. The largest absolute Gasteiger partial charge is 0.462 e. The quantitative estimate of drug-likeness (QED) is 0.566. The number of hydrogen-bond donors (Lipinski definition) is 3. The average Bonchev–Trinajstić information content (AvgIpc) is 2.86. The lowest BCUT2D eigenvalue weighted by Crippen LogP contribution is -2.50. The minimum absolute atomic E-state index is 0.112. The van der Waals surface area contributed by atoms with Gasteiger partial charge >= 0.3 is 11.7 Å². The van der Waals surface area contributed by atoms with E-state index < -0.39 is 41.8 Å². The molecule has 3 atom stereocenters. The fraction of sp³-hybridized carbons (Fsp3) is 0.643. The predicted molar refractivity (Wildman–Crippen MR) is 77.9 cm³/mol. The van der Waals surface area contributed by atoms with Crippen molar-refractivity contribution in [2.24, 2.45) is 0 Å². The lowest BCUT2D eigenvalue weighted by Gasteiger charge is -2.28. The van der Waals surface area contributed by atoms with E-state index in [1.165, 1.54) is 13.1 Å². The number of nitrogens with one attached hydrogen (secondary N) is 1. The van der Waals surface area contributed by atoms with Crippen molar-refractivity contribution >= 4 is 5.97 Å². The first kappa shape index (κ1) is 17.4. The third-order valence-corrected chi connectivity index (χ3v) is 3.71. The Bertz CT molecular complexity index is 695. The van der Waals surface area contributed by atoms with Gasteiger partial charge in [-0.05, 0) is 13.3 Å². The molecule has 0 amide bonds. The van der Waals surface area contributed by atoms with Crippen LogP contribution in [0.15, 0.2) is 15.8 Å². The number of aromatic amines is 1. The summed E-state index contributed by atoms with van der Waals surface area (Å²) in [7, 11) is 0. The van der Waals surface area contributed by atoms with Crippen LogP contribution in [0.4, 0.5) is 0 Å². The first-order chi connectivity index (χ1) is 10.9. The molecular weight excluding hydrogens is 308 g/mol. The second kappa shape index (κ2) is 6.65. The molecule has 0 spiro atoms. The van der Waals surface area contributed by atoms with Crippen LogP contribution in [0.25, 0.3) is 0 Å². The van der Waals surface area contributed by atoms with E-state index in [4.69, 9.17) is 9.47 Å². The molecule has 128 valence electrons. The van der Waals surface area contributed by atoms with Crippen molar-refractivity contribution in [3.63, 3.8) is 0 Å². The molecule has 23 heavy (non-hydrogen) atoms. The fourth-order valence-corrected chi connectivity index (χ4v) is 2.48. The smallest absolute Gasteiger partial charge is 0.360 e. The van der Waals surface area contributed by atoms with Crippen LogP contribution in [0, 0.1) is 6.92 Å². The highest BCUT2D eigenvalue weighted by Gasteiger charge is 2.54. The van der Waals surface area contributed by atoms with Crippen LogP contribution < -0.4 is 11.2 Å². The zero-order valence-electron chi connectivity index (χ0n) is 12.9. The van der Waals surface area contributed by atoms with Crippen molar-refractivity contribution in [3.05, 3.63) is 32.6 Å². The lowest BCUT2D eigenvalue weighted by atomic mass is 10.1. The maximum absolute atomic E-state index is 12.5. The number of rotatable bonds is 5. The molecule has 0 radical (unpaired) electrons. The van der Waals surface area contributed by atoms with Gasteiger partial charge in [-0.3, -0.25) is 14.3 Å². The minimum Gasteiger partial charge on any atom is -0.462 e. The van der Waals surface area contributed by atoms with E-state index in [9.17, 15) is 24.6 Å². The van der Waals surface area contributed by atoms with Gasteiger partial charge in [0.1, 0.15) is 6.10 Å². The van der Waals surface area contributed by atoms with E-state index in [2.05, 4.69) is 4.98 Å². The number of aryl methyl sites for hydroxylation is 1. The highest BCUT2D eigenvalue weighted by molar-refractivity contribution is 5.77. The molecule has 1 aliphatic rings. The minimum atomic E-state index is -1.92. The van der Waals surface area contributed by atoms with Crippen molar-refractivity contribution in [2.45, 2.75) is 44.6 Å². The average molecular weight is 328 g/mol. The van der Waals surface area contributed by atoms with E-state index in [0.29, 0.717) is 6.42 Å². The number of carbonyl (C=O) groups excluding carboxylic acids is 1. The third kappa shape index (κ3) is 3.07. The molecule has 0 bridgehead atoms. The molecule has 1 aromatic rings. The molecule has 0 aromatic carbocycles. The van der Waals surface area contributed by atoms with Crippen molar-refractivity contribution in [1.29, 1.82) is 0 Å². The second-order valence-electron chi connectivity index (χ2n) is 5.47. The molecule has 1 saturated heterocycles. The van der Waals surface area contributed by atoms with Crippen LogP contribution in [-0.2, 0) is 20.0 Å². The summed E-state index contributed by atoms with van der Waals surface area (Å²) >= 11 is 0. The zero-order chi connectivity index (χ0) is 17.2. The molecule has 1 aromatic heterocycles. The van der Waals surface area contributed by atoms with Gasteiger partial charge in [-0.1, -0.05) is 6.92 Å². The number of ether oxygens (including phenoxy) is 2. The van der Waals surface area contributed by atoms with Gasteiger partial charge in [-0.15, -0.1) is 0 Å². The van der Waals surface area contributed by atoms with Gasteiger partial charge in [0, 0.05) is 18.2 Å². The summed E-state index contributed by atoms with van der Waals surface area (Å²) in [6, 6.07) is 0. The monoisotopic (exact) mass is 328 g/mol. The predicted octanol–water partition coefficient (Wildman–Crippen LogP) is -1.41. The molecule has 0 aliphatic carbocycles. The molecular formula is C14H20N2O7. The Morgan fingerprint density at radius 2 is 2.26 bits per heavy atom. The Morgan fingerprint density at radius 3 is 2.83 bits per heavy atom. The molecule has 0 saturated carbocycles. The van der Waals surface area contributed by atoms with Gasteiger partial charge in [0.25, 0.3) is 11.3 Å². The molecule has 2 heterocycles. The van der Waals surface area contributed by atoms with Crippen LogP contribution in [0.1, 0.15) is 25.3 Å². The van der Waals surface area contributed by atoms with Gasteiger partial charge < -0.3 is 19.7 Å². The molecule has 0 unspecified atom stereocenters. The van der Waals surface area contributed by atoms with Gasteiger partial charge in [-0.25, -0.2) is 9.59 Å². The Balaban J connectivity index is 2.55.